The molecule has 1 aliphatic heterocycles. The van der Waals surface area contributed by atoms with Crippen molar-refractivity contribution in [2.75, 3.05) is 25.1 Å². The zero-order valence-corrected chi connectivity index (χ0v) is 16.5. The van der Waals surface area contributed by atoms with Gasteiger partial charge in [-0.1, -0.05) is 18.2 Å². The van der Waals surface area contributed by atoms with Crippen molar-refractivity contribution in [3.8, 4) is 17.0 Å². The van der Waals surface area contributed by atoms with Gasteiger partial charge in [-0.3, -0.25) is 14.9 Å². The first-order chi connectivity index (χ1) is 14.2. The molecule has 2 aromatic heterocycles. The van der Waals surface area contributed by atoms with Crippen molar-refractivity contribution >= 4 is 11.7 Å². The normalized spacial score (nSPS) is 16.4. The Morgan fingerprint density at radius 1 is 1.28 bits per heavy atom. The van der Waals surface area contributed by atoms with Gasteiger partial charge in [-0.15, -0.1) is 0 Å². The summed E-state index contributed by atoms with van der Waals surface area (Å²) in [4.78, 5) is 18.8. The molecule has 1 saturated heterocycles. The molecule has 1 aliphatic rings. The van der Waals surface area contributed by atoms with Gasteiger partial charge in [0.05, 0.1) is 19.2 Å². The Balaban J connectivity index is 1.37. The number of nitrogens with one attached hydrogen (secondary N) is 2. The largest absolute Gasteiger partial charge is 0.496 e. The van der Waals surface area contributed by atoms with Gasteiger partial charge in [-0.25, -0.2) is 0 Å². The van der Waals surface area contributed by atoms with E-state index in [-0.39, 0.29) is 11.9 Å². The van der Waals surface area contributed by atoms with Gasteiger partial charge < -0.3 is 15.0 Å². The molecule has 0 radical (unpaired) electrons. The molecule has 7 heteroatoms. The first-order valence-electron chi connectivity index (χ1n) is 9.85. The van der Waals surface area contributed by atoms with Gasteiger partial charge in [-0.05, 0) is 31.0 Å². The highest BCUT2D eigenvalue weighted by atomic mass is 16.5. The van der Waals surface area contributed by atoms with Crippen molar-refractivity contribution in [1.82, 2.24) is 20.5 Å². The lowest BCUT2D eigenvalue weighted by Gasteiger charge is -2.33. The summed E-state index contributed by atoms with van der Waals surface area (Å²) in [6.07, 6.45) is 5.83. The van der Waals surface area contributed by atoms with Gasteiger partial charge in [0.25, 0.3) is 0 Å². The fourth-order valence-corrected chi connectivity index (χ4v) is 3.76. The Kier molecular flexibility index (Phi) is 5.74. The molecule has 1 unspecified atom stereocenters. The number of carbonyl (C=O) groups is 1. The minimum atomic E-state index is 0.0147. The van der Waals surface area contributed by atoms with Crippen molar-refractivity contribution < 1.29 is 9.53 Å². The molecule has 3 aromatic rings. The quantitative estimate of drug-likeness (QED) is 0.675. The van der Waals surface area contributed by atoms with Gasteiger partial charge in [0, 0.05) is 48.7 Å². The second-order valence-corrected chi connectivity index (χ2v) is 7.22. The maximum absolute atomic E-state index is 12.6. The lowest BCUT2D eigenvalue weighted by Crippen LogP contribution is -2.48. The number of methoxy groups -OCH3 is 1. The number of carbonyl (C=O) groups excluding carboxylic acids is 1. The topological polar surface area (TPSA) is 83.1 Å². The molecule has 3 heterocycles. The van der Waals surface area contributed by atoms with Crippen molar-refractivity contribution in [2.24, 2.45) is 0 Å². The SMILES string of the molecule is COc1ccccc1CC(=O)NC1CCCN(c2cc(-c3ccncc3)[nH]n2)C1. The number of para-hydroxylation sites is 1. The first kappa shape index (κ1) is 19.0. The van der Waals surface area contributed by atoms with E-state index in [0.717, 1.165) is 54.3 Å². The van der Waals surface area contributed by atoms with Crippen LogP contribution in [0.25, 0.3) is 11.3 Å². The average Bonchev–Trinajstić information content (AvgIpc) is 3.25. The number of amides is 1. The predicted octanol–water partition coefficient (Wildman–Crippen LogP) is 2.81. The summed E-state index contributed by atoms with van der Waals surface area (Å²) in [7, 11) is 1.62. The van der Waals surface area contributed by atoms with Crippen LogP contribution in [-0.2, 0) is 11.2 Å². The monoisotopic (exact) mass is 391 g/mol. The summed E-state index contributed by atoms with van der Waals surface area (Å²) in [5.41, 5.74) is 2.91. The molecule has 1 fully saturated rings. The van der Waals surface area contributed by atoms with Crippen LogP contribution in [0.15, 0.2) is 54.9 Å². The van der Waals surface area contributed by atoms with Gasteiger partial charge >= 0.3 is 0 Å². The molecule has 7 nitrogen and oxygen atoms in total. The number of anilines is 1. The Morgan fingerprint density at radius 3 is 2.93 bits per heavy atom. The molecule has 0 saturated carbocycles. The number of benzene rings is 1. The van der Waals surface area contributed by atoms with Gasteiger partial charge in [-0.2, -0.15) is 5.10 Å². The third-order valence-electron chi connectivity index (χ3n) is 5.21. The summed E-state index contributed by atoms with van der Waals surface area (Å²) in [6, 6.07) is 13.7. The molecule has 1 amide bonds. The maximum atomic E-state index is 12.6. The average molecular weight is 391 g/mol. The van der Waals surface area contributed by atoms with Crippen LogP contribution in [-0.4, -0.2) is 47.3 Å². The van der Waals surface area contributed by atoms with Gasteiger partial charge in [0.15, 0.2) is 5.82 Å². The summed E-state index contributed by atoms with van der Waals surface area (Å²) >= 11 is 0. The number of aromatic nitrogens is 3. The summed E-state index contributed by atoms with van der Waals surface area (Å²) in [6.45, 7) is 1.68. The third kappa shape index (κ3) is 4.56. The molecule has 0 bridgehead atoms. The minimum Gasteiger partial charge on any atom is -0.496 e. The molecular formula is C22H25N5O2. The number of H-pyrrole nitrogens is 1. The molecule has 1 aromatic carbocycles. The standard InChI is InChI=1S/C22H25N5O2/c1-29-20-7-3-2-5-17(20)13-22(28)24-18-6-4-12-27(15-18)21-14-19(25-26-21)16-8-10-23-11-9-16/h2-3,5,7-11,14,18H,4,6,12-13,15H2,1H3,(H,24,28)(H,25,26). The van der Waals surface area contributed by atoms with Crippen LogP contribution in [0.2, 0.25) is 0 Å². The number of ether oxygens (including phenoxy) is 1. The number of hydrogen-bond acceptors (Lipinski definition) is 5. The Morgan fingerprint density at radius 2 is 2.10 bits per heavy atom. The Labute approximate surface area is 170 Å². The van der Waals surface area contributed by atoms with E-state index in [9.17, 15) is 4.79 Å². The van der Waals surface area contributed by atoms with E-state index in [1.54, 1.807) is 19.5 Å². The van der Waals surface area contributed by atoms with Gasteiger partial charge in [0.1, 0.15) is 5.75 Å². The highest BCUT2D eigenvalue weighted by Crippen LogP contribution is 2.24. The first-order valence-corrected chi connectivity index (χ1v) is 9.85. The summed E-state index contributed by atoms with van der Waals surface area (Å²) < 4.78 is 5.35. The molecule has 4 rings (SSSR count). The summed E-state index contributed by atoms with van der Waals surface area (Å²) in [5, 5.41) is 10.7. The smallest absolute Gasteiger partial charge is 0.224 e. The molecule has 0 aliphatic carbocycles. The molecular weight excluding hydrogens is 366 g/mol. The number of hydrogen-bond donors (Lipinski definition) is 2. The lowest BCUT2D eigenvalue weighted by atomic mass is 10.0. The van der Waals surface area contributed by atoms with Crippen LogP contribution < -0.4 is 15.0 Å². The van der Waals surface area contributed by atoms with Crippen LogP contribution in [0.4, 0.5) is 5.82 Å². The molecule has 0 spiro atoms. The summed E-state index contributed by atoms with van der Waals surface area (Å²) in [5.74, 6) is 1.66. The number of aromatic amines is 1. The van der Waals surface area contributed by atoms with Crippen LogP contribution in [0.5, 0.6) is 5.75 Å². The van der Waals surface area contributed by atoms with Crippen molar-refractivity contribution in [3.63, 3.8) is 0 Å². The van der Waals surface area contributed by atoms with E-state index in [0.29, 0.717) is 6.42 Å². The van der Waals surface area contributed by atoms with E-state index in [4.69, 9.17) is 4.74 Å². The predicted molar refractivity (Wildman–Crippen MR) is 112 cm³/mol. The second kappa shape index (κ2) is 8.77. The van der Waals surface area contributed by atoms with Crippen LogP contribution in [0.1, 0.15) is 18.4 Å². The van der Waals surface area contributed by atoms with Crippen LogP contribution in [0.3, 0.4) is 0 Å². The minimum absolute atomic E-state index is 0.0147. The highest BCUT2D eigenvalue weighted by molar-refractivity contribution is 5.79. The Bertz CT molecular complexity index is 957. The van der Waals surface area contributed by atoms with Crippen molar-refractivity contribution in [2.45, 2.75) is 25.3 Å². The van der Waals surface area contributed by atoms with Crippen molar-refractivity contribution in [1.29, 1.82) is 0 Å². The maximum Gasteiger partial charge on any atom is 0.224 e. The molecule has 2 N–H and O–H groups in total. The molecule has 1 atom stereocenters. The highest BCUT2D eigenvalue weighted by Gasteiger charge is 2.23. The fraction of sp³-hybridized carbons (Fsp3) is 0.318. The van der Waals surface area contributed by atoms with E-state index in [1.165, 1.54) is 0 Å². The van der Waals surface area contributed by atoms with Crippen molar-refractivity contribution in [3.05, 3.63) is 60.4 Å². The van der Waals surface area contributed by atoms with Crippen LogP contribution in [0, 0.1) is 0 Å². The van der Waals surface area contributed by atoms with E-state index < -0.39 is 0 Å². The molecule has 29 heavy (non-hydrogen) atoms. The van der Waals surface area contributed by atoms with E-state index in [2.05, 4.69) is 25.4 Å². The van der Waals surface area contributed by atoms with Gasteiger partial charge in [0.2, 0.25) is 5.91 Å². The van der Waals surface area contributed by atoms with Crippen LogP contribution >= 0.6 is 0 Å². The third-order valence-corrected chi connectivity index (χ3v) is 5.21. The second-order valence-electron chi connectivity index (χ2n) is 7.22. The van der Waals surface area contributed by atoms with E-state index >= 15 is 0 Å². The Hall–Kier alpha value is -3.35. The number of rotatable bonds is 6. The number of pyridine rings is 1. The van der Waals surface area contributed by atoms with E-state index in [1.807, 2.05) is 42.5 Å². The fourth-order valence-electron chi connectivity index (χ4n) is 3.76. The molecule has 150 valence electrons. The number of nitrogens with zero attached hydrogens (tertiary/aromatic N) is 3. The zero-order valence-electron chi connectivity index (χ0n) is 16.5. The zero-order chi connectivity index (χ0) is 20.1. The lowest BCUT2D eigenvalue weighted by molar-refractivity contribution is -0.121. The number of piperidine rings is 1.